The first-order valence-electron chi connectivity index (χ1n) is 7.67. The van der Waals surface area contributed by atoms with E-state index in [2.05, 4.69) is 10.3 Å². The van der Waals surface area contributed by atoms with Gasteiger partial charge >= 0.3 is 6.03 Å². The predicted molar refractivity (Wildman–Crippen MR) is 78.5 cm³/mol. The Bertz CT molecular complexity index is 562. The van der Waals surface area contributed by atoms with Crippen LogP contribution in [0.3, 0.4) is 0 Å². The number of amides is 3. The summed E-state index contributed by atoms with van der Waals surface area (Å²) in [5.74, 6) is -0.123. The van der Waals surface area contributed by atoms with Crippen molar-refractivity contribution in [2.75, 3.05) is 0 Å². The third-order valence-electron chi connectivity index (χ3n) is 4.60. The van der Waals surface area contributed by atoms with Crippen LogP contribution in [0, 0.1) is 6.92 Å². The Hall–Kier alpha value is -1.91. The first-order valence-corrected chi connectivity index (χ1v) is 7.67. The maximum absolute atomic E-state index is 12.4. The van der Waals surface area contributed by atoms with Gasteiger partial charge in [0.15, 0.2) is 0 Å². The molecule has 2 aliphatic rings. The molecule has 2 fully saturated rings. The largest absolute Gasteiger partial charge is 0.325 e. The summed E-state index contributed by atoms with van der Waals surface area (Å²) in [6.45, 7) is 2.33. The minimum atomic E-state index is -0.654. The average molecular weight is 287 g/mol. The Morgan fingerprint density at radius 3 is 2.57 bits per heavy atom. The molecule has 1 N–H and O–H groups in total. The average Bonchev–Trinajstić information content (AvgIpc) is 2.64. The summed E-state index contributed by atoms with van der Waals surface area (Å²) in [5, 5.41) is 2.51. The number of carbonyl (C=O) groups is 2. The topological polar surface area (TPSA) is 62.3 Å². The molecule has 0 unspecified atom stereocenters. The zero-order valence-corrected chi connectivity index (χ0v) is 12.4. The van der Waals surface area contributed by atoms with E-state index in [1.54, 1.807) is 4.90 Å². The lowest BCUT2D eigenvalue weighted by Crippen LogP contribution is -2.49. The molecule has 21 heavy (non-hydrogen) atoms. The van der Waals surface area contributed by atoms with Gasteiger partial charge in [-0.2, -0.15) is 0 Å². The lowest BCUT2D eigenvalue weighted by atomic mass is 9.88. The van der Waals surface area contributed by atoms with Crippen molar-refractivity contribution in [3.05, 3.63) is 29.6 Å². The predicted octanol–water partition coefficient (Wildman–Crippen LogP) is 2.53. The second-order valence-corrected chi connectivity index (χ2v) is 6.06. The van der Waals surface area contributed by atoms with E-state index in [4.69, 9.17) is 0 Å². The zero-order chi connectivity index (χ0) is 14.9. The van der Waals surface area contributed by atoms with Gasteiger partial charge in [0.05, 0.1) is 12.2 Å². The summed E-state index contributed by atoms with van der Waals surface area (Å²) in [7, 11) is 0. The van der Waals surface area contributed by atoms with Crippen LogP contribution in [0.1, 0.15) is 49.9 Å². The Balaban J connectivity index is 1.90. The molecule has 5 nitrogen and oxygen atoms in total. The molecule has 0 aromatic carbocycles. The van der Waals surface area contributed by atoms with Gasteiger partial charge in [0.2, 0.25) is 0 Å². The molecule has 1 aliphatic heterocycles. The van der Waals surface area contributed by atoms with Crippen LogP contribution < -0.4 is 5.32 Å². The Labute approximate surface area is 124 Å². The van der Waals surface area contributed by atoms with E-state index in [-0.39, 0.29) is 11.9 Å². The highest BCUT2D eigenvalue weighted by molar-refractivity contribution is 6.07. The molecule has 3 rings (SSSR count). The van der Waals surface area contributed by atoms with Crippen molar-refractivity contribution < 1.29 is 9.59 Å². The molecule has 1 aliphatic carbocycles. The van der Waals surface area contributed by atoms with E-state index >= 15 is 0 Å². The van der Waals surface area contributed by atoms with E-state index in [1.807, 2.05) is 25.1 Å². The third-order valence-corrected chi connectivity index (χ3v) is 4.60. The lowest BCUT2D eigenvalue weighted by molar-refractivity contribution is -0.127. The van der Waals surface area contributed by atoms with E-state index in [9.17, 15) is 9.59 Å². The molecule has 1 aromatic rings. The van der Waals surface area contributed by atoms with Gasteiger partial charge in [-0.15, -0.1) is 0 Å². The summed E-state index contributed by atoms with van der Waals surface area (Å²) >= 11 is 0. The number of aryl methyl sites for hydroxylation is 1. The molecule has 1 saturated carbocycles. The minimum absolute atomic E-state index is 0.123. The molecule has 0 atom stereocenters. The molecule has 1 saturated heterocycles. The standard InChI is InChI=1S/C16H21N3O2/c1-12-7-6-8-13(17-12)11-19-15(21)18-14(20)16(19)9-4-2-3-5-10-16/h6-8H,2-5,9-11H2,1H3,(H,18,20,21). The molecule has 112 valence electrons. The summed E-state index contributed by atoms with van der Waals surface area (Å²) < 4.78 is 0. The molecule has 5 heteroatoms. The molecule has 0 bridgehead atoms. The molecule has 3 amide bonds. The Kier molecular flexibility index (Phi) is 3.66. The molecular weight excluding hydrogens is 266 g/mol. The van der Waals surface area contributed by atoms with Crippen molar-refractivity contribution >= 4 is 11.9 Å². The SMILES string of the molecule is Cc1cccc(CN2C(=O)NC(=O)C23CCCCCC3)n1. The number of nitrogens with zero attached hydrogens (tertiary/aromatic N) is 2. The highest BCUT2D eigenvalue weighted by Crippen LogP contribution is 2.36. The van der Waals surface area contributed by atoms with Crippen LogP contribution in [0.15, 0.2) is 18.2 Å². The van der Waals surface area contributed by atoms with Crippen molar-refractivity contribution in [2.24, 2.45) is 0 Å². The minimum Gasteiger partial charge on any atom is -0.304 e. The fraction of sp³-hybridized carbons (Fsp3) is 0.562. The number of carbonyl (C=O) groups excluding carboxylic acids is 2. The molecule has 2 heterocycles. The van der Waals surface area contributed by atoms with Gasteiger partial charge in [-0.1, -0.05) is 31.7 Å². The number of aromatic nitrogens is 1. The summed E-state index contributed by atoms with van der Waals surface area (Å²) in [4.78, 5) is 30.8. The van der Waals surface area contributed by atoms with Crippen molar-refractivity contribution in [3.63, 3.8) is 0 Å². The fourth-order valence-corrected chi connectivity index (χ4v) is 3.48. The van der Waals surface area contributed by atoms with Gasteiger partial charge in [-0.3, -0.25) is 15.1 Å². The van der Waals surface area contributed by atoms with Gasteiger partial charge in [-0.25, -0.2) is 4.79 Å². The first kappa shape index (κ1) is 14.0. The second-order valence-electron chi connectivity index (χ2n) is 6.06. The van der Waals surface area contributed by atoms with Crippen molar-refractivity contribution in [3.8, 4) is 0 Å². The number of pyridine rings is 1. The number of imide groups is 1. The maximum atomic E-state index is 12.4. The van der Waals surface area contributed by atoms with Crippen LogP contribution in [0.4, 0.5) is 4.79 Å². The molecule has 1 aromatic heterocycles. The van der Waals surface area contributed by atoms with E-state index in [1.165, 1.54) is 0 Å². The Morgan fingerprint density at radius 2 is 1.90 bits per heavy atom. The summed E-state index contributed by atoms with van der Waals surface area (Å²) in [6.07, 6.45) is 5.79. The first-order chi connectivity index (χ1) is 10.1. The van der Waals surface area contributed by atoms with Crippen molar-refractivity contribution in [1.82, 2.24) is 15.2 Å². The highest BCUT2D eigenvalue weighted by atomic mass is 16.2. The smallest absolute Gasteiger partial charge is 0.304 e. The van der Waals surface area contributed by atoms with Crippen molar-refractivity contribution in [2.45, 2.75) is 57.5 Å². The van der Waals surface area contributed by atoms with E-state index < -0.39 is 5.54 Å². The van der Waals surface area contributed by atoms with Crippen LogP contribution in [-0.4, -0.2) is 27.4 Å². The number of rotatable bonds is 2. The molecule has 0 radical (unpaired) electrons. The third kappa shape index (κ3) is 2.52. The zero-order valence-electron chi connectivity index (χ0n) is 12.4. The van der Waals surface area contributed by atoms with Crippen LogP contribution >= 0.6 is 0 Å². The second kappa shape index (κ2) is 5.47. The number of hydrogen-bond donors (Lipinski definition) is 1. The number of urea groups is 1. The Morgan fingerprint density at radius 1 is 1.19 bits per heavy atom. The van der Waals surface area contributed by atoms with Gasteiger partial charge in [0.1, 0.15) is 5.54 Å². The van der Waals surface area contributed by atoms with Crippen molar-refractivity contribution in [1.29, 1.82) is 0 Å². The van der Waals surface area contributed by atoms with Gasteiger partial charge in [0, 0.05) is 5.69 Å². The lowest BCUT2D eigenvalue weighted by Gasteiger charge is -2.34. The quantitative estimate of drug-likeness (QED) is 0.850. The molecule has 1 spiro atoms. The summed E-state index contributed by atoms with van der Waals surface area (Å²) in [5.41, 5.74) is 1.11. The number of hydrogen-bond acceptors (Lipinski definition) is 3. The van der Waals surface area contributed by atoms with Crippen LogP contribution in [0.2, 0.25) is 0 Å². The van der Waals surface area contributed by atoms with Gasteiger partial charge < -0.3 is 4.90 Å². The fourth-order valence-electron chi connectivity index (χ4n) is 3.48. The highest BCUT2D eigenvalue weighted by Gasteiger charge is 2.52. The van der Waals surface area contributed by atoms with E-state index in [0.717, 1.165) is 49.9 Å². The van der Waals surface area contributed by atoms with Gasteiger partial charge in [-0.05, 0) is 31.9 Å². The number of nitrogens with one attached hydrogen (secondary N) is 1. The van der Waals surface area contributed by atoms with Crippen LogP contribution in [0.5, 0.6) is 0 Å². The van der Waals surface area contributed by atoms with Gasteiger partial charge in [0.25, 0.3) is 5.91 Å². The van der Waals surface area contributed by atoms with Crippen LogP contribution in [-0.2, 0) is 11.3 Å². The monoisotopic (exact) mass is 287 g/mol. The van der Waals surface area contributed by atoms with E-state index in [0.29, 0.717) is 6.54 Å². The van der Waals surface area contributed by atoms with Crippen LogP contribution in [0.25, 0.3) is 0 Å². The summed E-state index contributed by atoms with van der Waals surface area (Å²) in [6, 6.07) is 5.51. The normalized spacial score (nSPS) is 21.5. The maximum Gasteiger partial charge on any atom is 0.325 e. The molecular formula is C16H21N3O2.